The Kier molecular flexibility index (Phi) is 2.69. The number of carbonyl (C=O) groups is 2. The van der Waals surface area contributed by atoms with Crippen LogP contribution in [0.15, 0.2) is 0 Å². The normalized spacial score (nSPS) is 27.2. The summed E-state index contributed by atoms with van der Waals surface area (Å²) in [6.07, 6.45) is 1.73. The first-order chi connectivity index (χ1) is 7.76. The minimum Gasteiger partial charge on any atom is -0.443 e. The van der Waals surface area contributed by atoms with Crippen molar-refractivity contribution in [3.63, 3.8) is 0 Å². The van der Waals surface area contributed by atoms with Crippen molar-refractivity contribution >= 4 is 12.0 Å². The van der Waals surface area contributed by atoms with E-state index in [1.165, 1.54) is 4.90 Å². The van der Waals surface area contributed by atoms with E-state index in [9.17, 15) is 9.59 Å². The van der Waals surface area contributed by atoms with E-state index in [4.69, 9.17) is 10.5 Å². The number of piperidine rings is 1. The molecule has 0 aromatic rings. The Labute approximate surface area is 101 Å². The van der Waals surface area contributed by atoms with Gasteiger partial charge in [0.25, 0.3) is 0 Å². The fraction of sp³-hybridized carbons (Fsp3) is 0.833. The van der Waals surface area contributed by atoms with Crippen LogP contribution in [0.25, 0.3) is 0 Å². The van der Waals surface area contributed by atoms with Crippen LogP contribution in [0, 0.1) is 5.41 Å². The van der Waals surface area contributed by atoms with Crippen LogP contribution < -0.4 is 5.73 Å². The number of carbonyl (C=O) groups excluding carboxylic acids is 2. The summed E-state index contributed by atoms with van der Waals surface area (Å²) in [6.45, 7) is 5.74. The Balaban J connectivity index is 2.08. The van der Waals surface area contributed by atoms with Crippen LogP contribution in [0.1, 0.15) is 40.0 Å². The van der Waals surface area contributed by atoms with Gasteiger partial charge in [-0.2, -0.15) is 0 Å². The first-order valence-electron chi connectivity index (χ1n) is 6.07. The molecule has 1 atom stereocenters. The van der Waals surface area contributed by atoms with Gasteiger partial charge in [0, 0.05) is 12.6 Å². The molecule has 0 aromatic heterocycles. The molecule has 2 N–H and O–H groups in total. The molecule has 1 saturated carbocycles. The Hall–Kier alpha value is -1.10. The van der Waals surface area contributed by atoms with Gasteiger partial charge in [-0.15, -0.1) is 0 Å². The zero-order chi connectivity index (χ0) is 12.8. The van der Waals surface area contributed by atoms with Crippen molar-refractivity contribution in [2.45, 2.75) is 51.7 Å². The minimum atomic E-state index is -0.576. The molecule has 0 radical (unpaired) electrons. The average Bonchev–Trinajstić information content (AvgIpc) is 2.93. The van der Waals surface area contributed by atoms with Crippen LogP contribution in [0.4, 0.5) is 4.79 Å². The van der Waals surface area contributed by atoms with Gasteiger partial charge in [0.05, 0.1) is 5.41 Å². The molecule has 5 nitrogen and oxygen atoms in total. The molecule has 2 fully saturated rings. The number of hydrogen-bond donors (Lipinski definition) is 1. The highest BCUT2D eigenvalue weighted by Gasteiger charge is 2.59. The summed E-state index contributed by atoms with van der Waals surface area (Å²) >= 11 is 0. The third-order valence-electron chi connectivity index (χ3n) is 3.45. The summed E-state index contributed by atoms with van der Waals surface area (Å²) in [6, 6.07) is -0.103. The van der Waals surface area contributed by atoms with Crippen LogP contribution in [0.3, 0.4) is 0 Å². The molecule has 1 heterocycles. The first kappa shape index (κ1) is 12.4. The smallest absolute Gasteiger partial charge is 0.417 e. The first-order valence-corrected chi connectivity index (χ1v) is 6.07. The number of likely N-dealkylation sites (tertiary alicyclic amines) is 1. The molecule has 2 rings (SSSR count). The lowest BCUT2D eigenvalue weighted by Gasteiger charge is -2.36. The fourth-order valence-corrected chi connectivity index (χ4v) is 2.28. The van der Waals surface area contributed by atoms with Crippen LogP contribution in [0.2, 0.25) is 0 Å². The lowest BCUT2D eigenvalue weighted by atomic mass is 9.89. The number of hydrogen-bond acceptors (Lipinski definition) is 4. The summed E-state index contributed by atoms with van der Waals surface area (Å²) in [4.78, 5) is 25.3. The van der Waals surface area contributed by atoms with Gasteiger partial charge in [-0.3, -0.25) is 4.79 Å². The van der Waals surface area contributed by atoms with E-state index in [1.807, 2.05) is 0 Å². The Morgan fingerprint density at radius 1 is 1.47 bits per heavy atom. The van der Waals surface area contributed by atoms with E-state index in [2.05, 4.69) is 0 Å². The average molecular weight is 240 g/mol. The molecule has 1 saturated heterocycles. The SMILES string of the molecule is CC(C)(C)OC(=O)N1CCC(N)C2(CC2)C1=O. The van der Waals surface area contributed by atoms with E-state index in [0.717, 1.165) is 12.8 Å². The lowest BCUT2D eigenvalue weighted by Crippen LogP contribution is -2.55. The third-order valence-corrected chi connectivity index (χ3v) is 3.45. The second-order valence-corrected chi connectivity index (χ2v) is 5.99. The van der Waals surface area contributed by atoms with Gasteiger partial charge in [0.1, 0.15) is 5.60 Å². The number of amides is 2. The summed E-state index contributed by atoms with van der Waals surface area (Å²) in [5.41, 5.74) is 4.92. The monoisotopic (exact) mass is 240 g/mol. The molecule has 17 heavy (non-hydrogen) atoms. The fourth-order valence-electron chi connectivity index (χ4n) is 2.28. The van der Waals surface area contributed by atoms with Crippen LogP contribution in [0.5, 0.6) is 0 Å². The third kappa shape index (κ3) is 2.16. The van der Waals surface area contributed by atoms with E-state index in [-0.39, 0.29) is 11.9 Å². The molecular formula is C12H20N2O3. The van der Waals surface area contributed by atoms with Crippen molar-refractivity contribution in [2.24, 2.45) is 11.1 Å². The molecule has 0 aromatic carbocycles. The van der Waals surface area contributed by atoms with E-state index >= 15 is 0 Å². The van der Waals surface area contributed by atoms with Gasteiger partial charge in [0.2, 0.25) is 5.91 Å². The van der Waals surface area contributed by atoms with Crippen LogP contribution >= 0.6 is 0 Å². The quantitative estimate of drug-likeness (QED) is 0.692. The van der Waals surface area contributed by atoms with Crippen molar-refractivity contribution in [1.29, 1.82) is 0 Å². The topological polar surface area (TPSA) is 72.6 Å². The molecule has 0 bridgehead atoms. The Morgan fingerprint density at radius 2 is 2.06 bits per heavy atom. The molecule has 2 amide bonds. The highest BCUT2D eigenvalue weighted by molar-refractivity contribution is 5.98. The van der Waals surface area contributed by atoms with Gasteiger partial charge in [-0.25, -0.2) is 9.69 Å². The van der Waals surface area contributed by atoms with Crippen molar-refractivity contribution in [3.05, 3.63) is 0 Å². The van der Waals surface area contributed by atoms with E-state index in [1.54, 1.807) is 20.8 Å². The number of nitrogens with two attached hydrogens (primary N) is 1. The van der Waals surface area contributed by atoms with Gasteiger partial charge in [-0.05, 0) is 40.0 Å². The molecular weight excluding hydrogens is 220 g/mol. The summed E-state index contributed by atoms with van der Waals surface area (Å²) < 4.78 is 5.23. The van der Waals surface area contributed by atoms with Crippen molar-refractivity contribution in [1.82, 2.24) is 4.90 Å². The van der Waals surface area contributed by atoms with Crippen molar-refractivity contribution in [2.75, 3.05) is 6.54 Å². The predicted octanol–water partition coefficient (Wildman–Crippen LogP) is 1.26. The zero-order valence-electron chi connectivity index (χ0n) is 10.7. The maximum Gasteiger partial charge on any atom is 0.417 e. The molecule has 1 unspecified atom stereocenters. The van der Waals surface area contributed by atoms with Crippen molar-refractivity contribution in [3.8, 4) is 0 Å². The highest BCUT2D eigenvalue weighted by atomic mass is 16.6. The largest absolute Gasteiger partial charge is 0.443 e. The number of ether oxygens (including phenoxy) is 1. The standard InChI is InChI=1S/C12H20N2O3/c1-11(2,3)17-10(16)14-7-4-8(13)12(5-6-12)9(14)15/h8H,4-7,13H2,1-3H3. The summed E-state index contributed by atoms with van der Waals surface area (Å²) in [7, 11) is 0. The Bertz CT molecular complexity index is 355. The Morgan fingerprint density at radius 3 is 2.53 bits per heavy atom. The molecule has 5 heteroatoms. The second kappa shape index (κ2) is 3.70. The predicted molar refractivity (Wildman–Crippen MR) is 62.2 cm³/mol. The minimum absolute atomic E-state index is 0.103. The molecule has 1 spiro atoms. The van der Waals surface area contributed by atoms with Gasteiger partial charge >= 0.3 is 6.09 Å². The molecule has 1 aliphatic carbocycles. The van der Waals surface area contributed by atoms with Gasteiger partial charge < -0.3 is 10.5 Å². The highest BCUT2D eigenvalue weighted by Crippen LogP contribution is 2.52. The van der Waals surface area contributed by atoms with E-state index in [0.29, 0.717) is 13.0 Å². The lowest BCUT2D eigenvalue weighted by molar-refractivity contribution is -0.139. The van der Waals surface area contributed by atoms with Gasteiger partial charge in [0.15, 0.2) is 0 Å². The second-order valence-electron chi connectivity index (χ2n) is 5.99. The molecule has 2 aliphatic rings. The van der Waals surface area contributed by atoms with Crippen molar-refractivity contribution < 1.29 is 14.3 Å². The van der Waals surface area contributed by atoms with E-state index < -0.39 is 17.1 Å². The number of nitrogens with zero attached hydrogens (tertiary/aromatic N) is 1. The zero-order valence-corrected chi connectivity index (χ0v) is 10.7. The summed E-state index contributed by atoms with van der Waals surface area (Å²) in [5.74, 6) is -0.148. The van der Waals surface area contributed by atoms with Gasteiger partial charge in [-0.1, -0.05) is 0 Å². The molecule has 96 valence electrons. The number of rotatable bonds is 0. The summed E-state index contributed by atoms with van der Waals surface area (Å²) in [5, 5.41) is 0. The van der Waals surface area contributed by atoms with Crippen LogP contribution in [-0.2, 0) is 9.53 Å². The van der Waals surface area contributed by atoms with Crippen LogP contribution in [-0.4, -0.2) is 35.1 Å². The molecule has 1 aliphatic heterocycles. The maximum absolute atomic E-state index is 12.2. The maximum atomic E-state index is 12.2. The number of imide groups is 1.